The van der Waals surface area contributed by atoms with Gasteiger partial charge in [-0.3, -0.25) is 4.72 Å². The molecule has 0 amide bonds. The van der Waals surface area contributed by atoms with E-state index in [9.17, 15) is 17.2 Å². The molecular formula is C16H12Cl2F2N4O2S2. The lowest BCUT2D eigenvalue weighted by Gasteiger charge is -2.19. The summed E-state index contributed by atoms with van der Waals surface area (Å²) in [5.74, 6) is -1.80. The molecule has 0 aliphatic rings. The highest BCUT2D eigenvalue weighted by Gasteiger charge is 2.25. The third kappa shape index (κ3) is 4.20. The fraction of sp³-hybridized carbons (Fsp3) is 0.0625. The minimum atomic E-state index is -4.25. The molecule has 0 radical (unpaired) electrons. The first kappa shape index (κ1) is 20.7. The van der Waals surface area contributed by atoms with Gasteiger partial charge in [0.2, 0.25) is 0 Å². The minimum Gasteiger partial charge on any atom is -0.365 e. The number of nitrogens with zero attached hydrogens (tertiary/aromatic N) is 1. The van der Waals surface area contributed by atoms with Crippen LogP contribution in [-0.4, -0.2) is 13.4 Å². The highest BCUT2D eigenvalue weighted by molar-refractivity contribution is 7.92. The number of hydrogen-bond acceptors (Lipinski definition) is 6. The van der Waals surface area contributed by atoms with Crippen LogP contribution in [0.25, 0.3) is 0 Å². The Balaban J connectivity index is 1.90. The number of benzene rings is 2. The van der Waals surface area contributed by atoms with Crippen molar-refractivity contribution in [2.45, 2.75) is 11.1 Å². The van der Waals surface area contributed by atoms with Gasteiger partial charge in [-0.05, 0) is 24.3 Å². The van der Waals surface area contributed by atoms with E-state index in [1.165, 1.54) is 46.5 Å². The molecular weight excluding hydrogens is 453 g/mol. The molecule has 6 nitrogen and oxygen atoms in total. The molecule has 3 aromatic rings. The first-order valence-electron chi connectivity index (χ1n) is 7.55. The van der Waals surface area contributed by atoms with Gasteiger partial charge in [0.15, 0.2) is 11.6 Å². The summed E-state index contributed by atoms with van der Waals surface area (Å²) in [6.07, 6.45) is -1.15. The van der Waals surface area contributed by atoms with Gasteiger partial charge in [-0.1, -0.05) is 29.3 Å². The molecule has 28 heavy (non-hydrogen) atoms. The lowest BCUT2D eigenvalue weighted by Crippen LogP contribution is -2.22. The summed E-state index contributed by atoms with van der Waals surface area (Å²) in [6, 6.07) is 6.26. The molecule has 1 aromatic heterocycles. The van der Waals surface area contributed by atoms with Gasteiger partial charge in [0.05, 0.1) is 16.2 Å². The maximum Gasteiger partial charge on any atom is 0.266 e. The quantitative estimate of drug-likeness (QED) is 0.463. The maximum atomic E-state index is 14.6. The number of sulfonamides is 1. The highest BCUT2D eigenvalue weighted by atomic mass is 35.5. The van der Waals surface area contributed by atoms with Gasteiger partial charge in [-0.2, -0.15) is 0 Å². The molecule has 1 heterocycles. The van der Waals surface area contributed by atoms with E-state index in [2.05, 4.69) is 15.0 Å². The summed E-state index contributed by atoms with van der Waals surface area (Å²) in [5, 5.41) is 3.63. The predicted octanol–water partition coefficient (Wildman–Crippen LogP) is 4.60. The largest absolute Gasteiger partial charge is 0.365 e. The van der Waals surface area contributed by atoms with Gasteiger partial charge >= 0.3 is 0 Å². The molecule has 0 saturated heterocycles. The Labute approximate surface area is 173 Å². The molecule has 148 valence electrons. The number of hydrogen-bond donors (Lipinski definition) is 3. The lowest BCUT2D eigenvalue weighted by atomic mass is 10.1. The fourth-order valence-corrected chi connectivity index (χ4v) is 4.55. The number of rotatable bonds is 6. The summed E-state index contributed by atoms with van der Waals surface area (Å²) < 4.78 is 55.5. The van der Waals surface area contributed by atoms with Crippen LogP contribution in [-0.2, 0) is 10.0 Å². The van der Waals surface area contributed by atoms with Gasteiger partial charge in [0, 0.05) is 10.9 Å². The number of aromatic nitrogens is 1. The van der Waals surface area contributed by atoms with Crippen molar-refractivity contribution < 1.29 is 17.2 Å². The topological polar surface area (TPSA) is 97.1 Å². The molecule has 2 aromatic carbocycles. The van der Waals surface area contributed by atoms with Crippen molar-refractivity contribution >= 4 is 56.1 Å². The van der Waals surface area contributed by atoms with Gasteiger partial charge in [0.25, 0.3) is 10.0 Å². The van der Waals surface area contributed by atoms with E-state index in [1.807, 2.05) is 0 Å². The van der Waals surface area contributed by atoms with Crippen LogP contribution in [0.3, 0.4) is 0 Å². The van der Waals surface area contributed by atoms with E-state index in [0.717, 1.165) is 6.07 Å². The first-order valence-corrected chi connectivity index (χ1v) is 10.7. The summed E-state index contributed by atoms with van der Waals surface area (Å²) in [5.41, 5.74) is 7.26. The van der Waals surface area contributed by atoms with Crippen LogP contribution < -0.4 is 15.8 Å². The molecule has 0 saturated carbocycles. The minimum absolute atomic E-state index is 0.0291. The average molecular weight is 465 g/mol. The summed E-state index contributed by atoms with van der Waals surface area (Å²) >= 11 is 13.1. The van der Waals surface area contributed by atoms with Crippen molar-refractivity contribution in [2.24, 2.45) is 5.73 Å². The third-order valence-corrected chi connectivity index (χ3v) is 6.29. The van der Waals surface area contributed by atoms with Gasteiger partial charge in [0.1, 0.15) is 21.9 Å². The van der Waals surface area contributed by atoms with E-state index in [1.54, 1.807) is 0 Å². The van der Waals surface area contributed by atoms with Crippen molar-refractivity contribution in [1.82, 2.24) is 4.98 Å². The summed E-state index contributed by atoms with van der Waals surface area (Å²) in [7, 11) is -4.25. The molecule has 0 unspecified atom stereocenters. The normalized spacial score (nSPS) is 12.6. The smallest absolute Gasteiger partial charge is 0.266 e. The lowest BCUT2D eigenvalue weighted by molar-refractivity contribution is 0.570. The Morgan fingerprint density at radius 2 is 1.93 bits per heavy atom. The molecule has 4 N–H and O–H groups in total. The summed E-state index contributed by atoms with van der Waals surface area (Å²) in [4.78, 5) is 3.11. The van der Waals surface area contributed by atoms with Crippen LogP contribution in [0.5, 0.6) is 0 Å². The zero-order valence-corrected chi connectivity index (χ0v) is 16.9. The molecule has 0 spiro atoms. The van der Waals surface area contributed by atoms with Crippen molar-refractivity contribution in [2.75, 3.05) is 10.0 Å². The number of anilines is 2. The Bertz CT molecular complexity index is 1090. The second-order valence-electron chi connectivity index (χ2n) is 5.48. The van der Waals surface area contributed by atoms with E-state index >= 15 is 0 Å². The van der Waals surface area contributed by atoms with E-state index < -0.39 is 37.7 Å². The van der Waals surface area contributed by atoms with Gasteiger partial charge < -0.3 is 11.1 Å². The Morgan fingerprint density at radius 3 is 2.57 bits per heavy atom. The number of nitrogens with two attached hydrogens (primary N) is 1. The monoisotopic (exact) mass is 464 g/mol. The zero-order valence-electron chi connectivity index (χ0n) is 13.8. The number of nitrogens with one attached hydrogen (secondary N) is 2. The molecule has 12 heteroatoms. The Hall–Kier alpha value is -1.98. The van der Waals surface area contributed by atoms with E-state index in [-0.39, 0.29) is 22.1 Å². The van der Waals surface area contributed by atoms with Crippen molar-refractivity contribution in [3.8, 4) is 0 Å². The molecule has 0 aliphatic carbocycles. The van der Waals surface area contributed by atoms with E-state index in [4.69, 9.17) is 28.9 Å². The van der Waals surface area contributed by atoms with Gasteiger partial charge in [-0.15, -0.1) is 11.3 Å². The third-order valence-electron chi connectivity index (χ3n) is 3.63. The SMILES string of the molecule is N[C@H](Nc1ccc(S(=O)(=O)Nc2cscn2)c(F)c1Cl)c1c(F)cccc1Cl. The Morgan fingerprint density at radius 1 is 1.18 bits per heavy atom. The van der Waals surface area contributed by atoms with Gasteiger partial charge in [-0.25, -0.2) is 22.2 Å². The van der Waals surface area contributed by atoms with Crippen LogP contribution in [0.4, 0.5) is 20.3 Å². The molecule has 0 fully saturated rings. The van der Waals surface area contributed by atoms with Crippen LogP contribution in [0.15, 0.2) is 46.1 Å². The van der Waals surface area contributed by atoms with E-state index in [0.29, 0.717) is 0 Å². The second kappa shape index (κ2) is 8.18. The zero-order chi connectivity index (χ0) is 20.5. The molecule has 0 bridgehead atoms. The van der Waals surface area contributed by atoms with Crippen LogP contribution in [0, 0.1) is 11.6 Å². The van der Waals surface area contributed by atoms with Crippen LogP contribution in [0.2, 0.25) is 10.0 Å². The van der Waals surface area contributed by atoms with Crippen molar-refractivity contribution in [3.63, 3.8) is 0 Å². The van der Waals surface area contributed by atoms with Crippen molar-refractivity contribution in [3.05, 3.63) is 68.5 Å². The first-order chi connectivity index (χ1) is 13.2. The average Bonchev–Trinajstić information content (AvgIpc) is 3.11. The fourth-order valence-electron chi connectivity index (χ4n) is 2.35. The Kier molecular flexibility index (Phi) is 6.06. The highest BCUT2D eigenvalue weighted by Crippen LogP contribution is 2.33. The maximum absolute atomic E-state index is 14.6. The number of thiazole rings is 1. The summed E-state index contributed by atoms with van der Waals surface area (Å²) in [6.45, 7) is 0. The molecule has 1 atom stereocenters. The standard InChI is InChI=1S/C16H12Cl2F2N4O2S2/c17-8-2-1-3-9(19)13(8)16(21)23-10-4-5-11(15(20)14(10)18)28(25,26)24-12-6-27-7-22-12/h1-7,16,23-24H,21H2/t16-/m1/s1. The number of halogens is 4. The predicted molar refractivity (Wildman–Crippen MR) is 106 cm³/mol. The molecule has 0 aliphatic heterocycles. The molecule has 3 rings (SSSR count). The van der Waals surface area contributed by atoms with Crippen LogP contribution >= 0.6 is 34.5 Å². The van der Waals surface area contributed by atoms with Crippen molar-refractivity contribution in [1.29, 1.82) is 0 Å². The second-order valence-corrected chi connectivity index (χ2v) is 8.63. The van der Waals surface area contributed by atoms with Crippen LogP contribution in [0.1, 0.15) is 11.7 Å².